The monoisotopic (exact) mass is 273 g/mol. The minimum Gasteiger partial charge on any atom is -0.356 e. The molecule has 1 amide bonds. The first kappa shape index (κ1) is 14.6. The van der Waals surface area contributed by atoms with E-state index in [9.17, 15) is 4.79 Å². The fourth-order valence-corrected chi connectivity index (χ4v) is 2.29. The Morgan fingerprint density at radius 1 is 1.40 bits per heavy atom. The molecule has 4 nitrogen and oxygen atoms in total. The number of hydrogen-bond donors (Lipinski definition) is 1. The Kier molecular flexibility index (Phi) is 4.77. The molecule has 1 N–H and O–H groups in total. The van der Waals surface area contributed by atoms with E-state index in [0.717, 1.165) is 36.1 Å². The molecule has 0 aliphatic heterocycles. The fourth-order valence-electron chi connectivity index (χ4n) is 2.29. The average molecular weight is 273 g/mol. The van der Waals surface area contributed by atoms with Gasteiger partial charge in [-0.15, -0.1) is 0 Å². The first-order valence-corrected chi connectivity index (χ1v) is 7.30. The van der Waals surface area contributed by atoms with Gasteiger partial charge < -0.3 is 9.88 Å². The van der Waals surface area contributed by atoms with Gasteiger partial charge in [0.1, 0.15) is 5.82 Å². The average Bonchev–Trinajstić information content (AvgIpc) is 2.71. The zero-order valence-electron chi connectivity index (χ0n) is 12.6. The molecule has 0 bridgehead atoms. The van der Waals surface area contributed by atoms with Gasteiger partial charge in [-0.25, -0.2) is 4.98 Å². The molecule has 2 aromatic rings. The van der Waals surface area contributed by atoms with Crippen molar-refractivity contribution >= 4 is 16.9 Å². The second-order valence-electron chi connectivity index (χ2n) is 5.24. The lowest BCUT2D eigenvalue weighted by molar-refractivity contribution is -0.121. The van der Waals surface area contributed by atoms with Crippen LogP contribution in [-0.2, 0) is 18.3 Å². The molecule has 0 unspecified atom stereocenters. The summed E-state index contributed by atoms with van der Waals surface area (Å²) >= 11 is 0. The number of fused-ring (bicyclic) bond motifs is 1. The molecule has 0 aliphatic rings. The maximum atomic E-state index is 11.5. The Morgan fingerprint density at radius 3 is 2.95 bits per heavy atom. The quantitative estimate of drug-likeness (QED) is 0.879. The number of aromatic nitrogens is 2. The molecule has 0 fully saturated rings. The van der Waals surface area contributed by atoms with Crippen molar-refractivity contribution in [1.29, 1.82) is 0 Å². The van der Waals surface area contributed by atoms with E-state index in [0.29, 0.717) is 13.0 Å². The van der Waals surface area contributed by atoms with Crippen LogP contribution in [0.3, 0.4) is 0 Å². The summed E-state index contributed by atoms with van der Waals surface area (Å²) in [6.07, 6.45) is 3.51. The summed E-state index contributed by atoms with van der Waals surface area (Å²) in [7, 11) is 2.03. The van der Waals surface area contributed by atoms with Gasteiger partial charge in [0, 0.05) is 20.0 Å². The van der Waals surface area contributed by atoms with E-state index in [2.05, 4.69) is 40.0 Å². The van der Waals surface area contributed by atoms with Crippen molar-refractivity contribution in [2.24, 2.45) is 7.05 Å². The number of nitrogens with zero attached hydrogens (tertiary/aromatic N) is 2. The molecule has 0 radical (unpaired) electrons. The highest BCUT2D eigenvalue weighted by atomic mass is 16.1. The van der Waals surface area contributed by atoms with Crippen LogP contribution in [0.2, 0.25) is 0 Å². The maximum Gasteiger partial charge on any atom is 0.220 e. The lowest BCUT2D eigenvalue weighted by atomic mass is 10.1. The Morgan fingerprint density at radius 2 is 2.20 bits per heavy atom. The number of nitrogens with one attached hydrogen (secondary N) is 1. The van der Waals surface area contributed by atoms with Gasteiger partial charge in [-0.1, -0.05) is 19.4 Å². The molecule has 20 heavy (non-hydrogen) atoms. The van der Waals surface area contributed by atoms with E-state index < -0.39 is 0 Å². The molecular weight excluding hydrogens is 250 g/mol. The van der Waals surface area contributed by atoms with Crippen LogP contribution >= 0.6 is 0 Å². The van der Waals surface area contributed by atoms with Crippen molar-refractivity contribution in [2.75, 3.05) is 6.54 Å². The van der Waals surface area contributed by atoms with E-state index in [1.54, 1.807) is 0 Å². The summed E-state index contributed by atoms with van der Waals surface area (Å²) in [5.74, 6) is 1.17. The highest BCUT2D eigenvalue weighted by Gasteiger charge is 2.05. The van der Waals surface area contributed by atoms with Crippen LogP contribution in [0.5, 0.6) is 0 Å². The lowest BCUT2D eigenvalue weighted by Crippen LogP contribution is -2.25. The van der Waals surface area contributed by atoms with Gasteiger partial charge in [0.15, 0.2) is 0 Å². The predicted octanol–water partition coefficient (Wildman–Crippen LogP) is 2.73. The molecular formula is C16H23N3O. The smallest absolute Gasteiger partial charge is 0.220 e. The van der Waals surface area contributed by atoms with Crippen molar-refractivity contribution in [3.63, 3.8) is 0 Å². The van der Waals surface area contributed by atoms with Crippen LogP contribution in [0.15, 0.2) is 18.2 Å². The summed E-state index contributed by atoms with van der Waals surface area (Å²) in [5.41, 5.74) is 3.39. The summed E-state index contributed by atoms with van der Waals surface area (Å²) in [6, 6.07) is 6.33. The minimum atomic E-state index is 0.154. The van der Waals surface area contributed by atoms with Crippen LogP contribution in [0.1, 0.15) is 37.6 Å². The molecule has 4 heteroatoms. The molecule has 0 aliphatic carbocycles. The van der Waals surface area contributed by atoms with Crippen molar-refractivity contribution < 1.29 is 4.79 Å². The van der Waals surface area contributed by atoms with Crippen molar-refractivity contribution in [3.8, 4) is 0 Å². The Balaban J connectivity index is 1.92. The van der Waals surface area contributed by atoms with Crippen LogP contribution in [0.4, 0.5) is 0 Å². The summed E-state index contributed by atoms with van der Waals surface area (Å²) in [4.78, 5) is 16.1. The summed E-state index contributed by atoms with van der Waals surface area (Å²) in [5, 5.41) is 2.97. The van der Waals surface area contributed by atoms with Crippen LogP contribution in [0.25, 0.3) is 11.0 Å². The van der Waals surface area contributed by atoms with Crippen LogP contribution in [0, 0.1) is 6.92 Å². The second kappa shape index (κ2) is 6.55. The fraction of sp³-hybridized carbons (Fsp3) is 0.500. The van der Waals surface area contributed by atoms with E-state index in [-0.39, 0.29) is 5.91 Å². The van der Waals surface area contributed by atoms with Crippen molar-refractivity contribution in [3.05, 3.63) is 29.6 Å². The highest BCUT2D eigenvalue weighted by molar-refractivity contribution is 5.77. The van der Waals surface area contributed by atoms with Gasteiger partial charge in [-0.05, 0) is 37.5 Å². The Hall–Kier alpha value is -1.84. The molecule has 0 spiro atoms. The standard InChI is InChI=1S/C16H23N3O/c1-4-5-6-16(20)17-10-9-13-7-8-15-14(11-13)18-12(2)19(15)3/h7-8,11H,4-6,9-10H2,1-3H3,(H,17,20). The third kappa shape index (κ3) is 3.38. The van der Waals surface area contributed by atoms with E-state index in [1.165, 1.54) is 5.56 Å². The number of unbranched alkanes of at least 4 members (excludes halogenated alkanes) is 1. The van der Waals surface area contributed by atoms with Gasteiger partial charge in [0.25, 0.3) is 0 Å². The Bertz CT molecular complexity index is 601. The third-order valence-electron chi connectivity index (χ3n) is 3.66. The number of carbonyl (C=O) groups excluding carboxylic acids is 1. The van der Waals surface area contributed by atoms with E-state index >= 15 is 0 Å². The first-order valence-electron chi connectivity index (χ1n) is 7.30. The van der Waals surface area contributed by atoms with Gasteiger partial charge in [0.05, 0.1) is 11.0 Å². The van der Waals surface area contributed by atoms with Gasteiger partial charge in [0.2, 0.25) is 5.91 Å². The zero-order chi connectivity index (χ0) is 14.5. The minimum absolute atomic E-state index is 0.154. The molecule has 108 valence electrons. The number of benzene rings is 1. The molecule has 0 atom stereocenters. The van der Waals surface area contributed by atoms with Gasteiger partial charge in [-0.2, -0.15) is 0 Å². The molecule has 1 aromatic carbocycles. The summed E-state index contributed by atoms with van der Waals surface area (Å²) in [6.45, 7) is 4.80. The number of hydrogen-bond acceptors (Lipinski definition) is 2. The molecule has 2 rings (SSSR count). The summed E-state index contributed by atoms with van der Waals surface area (Å²) < 4.78 is 2.09. The number of aryl methyl sites for hydroxylation is 2. The number of amides is 1. The zero-order valence-corrected chi connectivity index (χ0v) is 12.6. The van der Waals surface area contributed by atoms with Crippen molar-refractivity contribution in [1.82, 2.24) is 14.9 Å². The SMILES string of the molecule is CCCCC(=O)NCCc1ccc2c(c1)nc(C)n2C. The predicted molar refractivity (Wildman–Crippen MR) is 81.7 cm³/mol. The lowest BCUT2D eigenvalue weighted by Gasteiger charge is -2.05. The first-order chi connectivity index (χ1) is 9.61. The van der Waals surface area contributed by atoms with Gasteiger partial charge in [-0.3, -0.25) is 4.79 Å². The van der Waals surface area contributed by atoms with Gasteiger partial charge >= 0.3 is 0 Å². The Labute approximate surface area is 120 Å². The third-order valence-corrected chi connectivity index (χ3v) is 3.66. The largest absolute Gasteiger partial charge is 0.356 e. The molecule has 0 saturated carbocycles. The molecule has 1 heterocycles. The second-order valence-corrected chi connectivity index (χ2v) is 5.24. The van der Waals surface area contributed by atoms with E-state index in [1.807, 2.05) is 14.0 Å². The van der Waals surface area contributed by atoms with Crippen LogP contribution in [-0.4, -0.2) is 22.0 Å². The van der Waals surface area contributed by atoms with Crippen LogP contribution < -0.4 is 5.32 Å². The maximum absolute atomic E-state index is 11.5. The number of imidazole rings is 1. The normalized spacial score (nSPS) is 10.9. The molecule has 0 saturated heterocycles. The topological polar surface area (TPSA) is 46.9 Å². The van der Waals surface area contributed by atoms with E-state index in [4.69, 9.17) is 0 Å². The molecule has 1 aromatic heterocycles. The van der Waals surface area contributed by atoms with Crippen molar-refractivity contribution in [2.45, 2.75) is 39.5 Å². The number of rotatable bonds is 6. The number of carbonyl (C=O) groups is 1. The highest BCUT2D eigenvalue weighted by Crippen LogP contribution is 2.16.